The molecule has 1 saturated carbocycles. The Morgan fingerprint density at radius 3 is 2.29 bits per heavy atom. The van der Waals surface area contributed by atoms with Gasteiger partial charge in [0, 0.05) is 14.1 Å². The minimum Gasteiger partial charge on any atom is -0.455 e. The van der Waals surface area contributed by atoms with Crippen LogP contribution in [0.2, 0.25) is 0 Å². The summed E-state index contributed by atoms with van der Waals surface area (Å²) in [7, 11) is 3.28. The van der Waals surface area contributed by atoms with Crippen LogP contribution in [0.3, 0.4) is 0 Å². The molecule has 0 spiro atoms. The van der Waals surface area contributed by atoms with Crippen molar-refractivity contribution in [2.24, 2.45) is 17.6 Å². The highest BCUT2D eigenvalue weighted by molar-refractivity contribution is 5.80. The number of likely N-dealkylation sites (N-methyl/N-ethyl adjacent to an activating group) is 1. The van der Waals surface area contributed by atoms with Gasteiger partial charge in [-0.05, 0) is 38.1 Å². The summed E-state index contributed by atoms with van der Waals surface area (Å²) in [6, 6.07) is 0. The first-order valence-corrected chi connectivity index (χ1v) is 6.11. The van der Waals surface area contributed by atoms with E-state index in [1.165, 1.54) is 4.90 Å². The van der Waals surface area contributed by atoms with Crippen LogP contribution in [0.5, 0.6) is 0 Å². The highest BCUT2D eigenvalue weighted by Crippen LogP contribution is 2.28. The Morgan fingerprint density at radius 1 is 1.24 bits per heavy atom. The van der Waals surface area contributed by atoms with Gasteiger partial charge in [-0.15, -0.1) is 0 Å². The molecule has 0 aliphatic heterocycles. The first-order valence-electron chi connectivity index (χ1n) is 6.11. The van der Waals surface area contributed by atoms with Gasteiger partial charge in [-0.3, -0.25) is 9.59 Å². The summed E-state index contributed by atoms with van der Waals surface area (Å²) < 4.78 is 5.01. The Hall–Kier alpha value is -1.10. The van der Waals surface area contributed by atoms with Crippen molar-refractivity contribution >= 4 is 11.9 Å². The molecule has 0 heterocycles. The van der Waals surface area contributed by atoms with Gasteiger partial charge < -0.3 is 15.4 Å². The summed E-state index contributed by atoms with van der Waals surface area (Å²) in [5, 5.41) is 0. The van der Waals surface area contributed by atoms with Crippen molar-refractivity contribution in [1.82, 2.24) is 4.90 Å². The second-order valence-electron chi connectivity index (χ2n) is 4.85. The lowest BCUT2D eigenvalue weighted by atomic mass is 9.82. The molecule has 0 bridgehead atoms. The molecule has 5 heteroatoms. The van der Waals surface area contributed by atoms with E-state index >= 15 is 0 Å². The molecule has 0 radical (unpaired) electrons. The van der Waals surface area contributed by atoms with Crippen LogP contribution in [0.15, 0.2) is 0 Å². The number of nitrogens with two attached hydrogens (primary N) is 1. The molecule has 0 saturated heterocycles. The van der Waals surface area contributed by atoms with E-state index < -0.39 is 0 Å². The van der Waals surface area contributed by atoms with Crippen molar-refractivity contribution in [2.45, 2.75) is 25.7 Å². The average molecular weight is 242 g/mol. The summed E-state index contributed by atoms with van der Waals surface area (Å²) in [6.45, 7) is 0.545. The normalized spacial score (nSPS) is 24.2. The van der Waals surface area contributed by atoms with Gasteiger partial charge in [0.1, 0.15) is 0 Å². The zero-order valence-corrected chi connectivity index (χ0v) is 10.6. The number of esters is 1. The van der Waals surface area contributed by atoms with Gasteiger partial charge in [0.2, 0.25) is 0 Å². The number of rotatable bonds is 4. The fraction of sp³-hybridized carbons (Fsp3) is 0.833. The van der Waals surface area contributed by atoms with Crippen LogP contribution >= 0.6 is 0 Å². The fourth-order valence-corrected chi connectivity index (χ4v) is 2.01. The third-order valence-electron chi connectivity index (χ3n) is 3.35. The quantitative estimate of drug-likeness (QED) is 0.723. The summed E-state index contributed by atoms with van der Waals surface area (Å²) in [6.07, 6.45) is 3.63. The second-order valence-corrected chi connectivity index (χ2v) is 4.85. The van der Waals surface area contributed by atoms with Gasteiger partial charge in [-0.2, -0.15) is 0 Å². The molecule has 1 rings (SSSR count). The number of hydrogen-bond donors (Lipinski definition) is 1. The Labute approximate surface area is 102 Å². The highest BCUT2D eigenvalue weighted by atomic mass is 16.5. The van der Waals surface area contributed by atoms with E-state index in [9.17, 15) is 9.59 Å². The Bertz CT molecular complexity index is 271. The van der Waals surface area contributed by atoms with E-state index in [2.05, 4.69) is 0 Å². The number of carbonyl (C=O) groups is 2. The molecule has 17 heavy (non-hydrogen) atoms. The molecular formula is C12H22N2O3. The lowest BCUT2D eigenvalue weighted by molar-refractivity contribution is -0.155. The molecule has 1 amide bonds. The molecule has 0 aromatic heterocycles. The number of ether oxygens (including phenoxy) is 1. The van der Waals surface area contributed by atoms with Crippen molar-refractivity contribution < 1.29 is 14.3 Å². The van der Waals surface area contributed by atoms with Crippen molar-refractivity contribution in [3.63, 3.8) is 0 Å². The van der Waals surface area contributed by atoms with E-state index in [0.29, 0.717) is 12.5 Å². The lowest BCUT2D eigenvalue weighted by Crippen LogP contribution is -2.31. The molecule has 5 nitrogen and oxygen atoms in total. The monoisotopic (exact) mass is 242 g/mol. The Balaban J connectivity index is 2.27. The number of hydrogen-bond acceptors (Lipinski definition) is 4. The molecule has 0 unspecified atom stereocenters. The zero-order chi connectivity index (χ0) is 12.8. The van der Waals surface area contributed by atoms with E-state index in [1.54, 1.807) is 14.1 Å². The van der Waals surface area contributed by atoms with Crippen LogP contribution in [0.1, 0.15) is 25.7 Å². The minimum absolute atomic E-state index is 0.0484. The van der Waals surface area contributed by atoms with Gasteiger partial charge in [0.05, 0.1) is 5.92 Å². The van der Waals surface area contributed by atoms with Crippen molar-refractivity contribution in [1.29, 1.82) is 0 Å². The Morgan fingerprint density at radius 2 is 1.82 bits per heavy atom. The van der Waals surface area contributed by atoms with Crippen molar-refractivity contribution in [3.05, 3.63) is 0 Å². The largest absolute Gasteiger partial charge is 0.455 e. The average Bonchev–Trinajstić information content (AvgIpc) is 2.35. The summed E-state index contributed by atoms with van der Waals surface area (Å²) >= 11 is 0. The van der Waals surface area contributed by atoms with Crippen LogP contribution in [0.4, 0.5) is 0 Å². The highest BCUT2D eigenvalue weighted by Gasteiger charge is 2.27. The van der Waals surface area contributed by atoms with E-state index in [0.717, 1.165) is 25.7 Å². The SMILES string of the molecule is CN(C)C(=O)COC(=O)C1CCC(CN)CC1. The van der Waals surface area contributed by atoms with Gasteiger partial charge in [-0.1, -0.05) is 0 Å². The first-order chi connectivity index (χ1) is 8.04. The molecule has 1 aliphatic rings. The molecule has 1 aliphatic carbocycles. The fourth-order valence-electron chi connectivity index (χ4n) is 2.01. The third-order valence-corrected chi connectivity index (χ3v) is 3.35. The van der Waals surface area contributed by atoms with Crippen LogP contribution in [0, 0.1) is 11.8 Å². The van der Waals surface area contributed by atoms with Crippen LogP contribution in [-0.4, -0.2) is 44.0 Å². The molecule has 0 aromatic carbocycles. The zero-order valence-electron chi connectivity index (χ0n) is 10.6. The van der Waals surface area contributed by atoms with Crippen LogP contribution < -0.4 is 5.73 Å². The number of nitrogens with zero attached hydrogens (tertiary/aromatic N) is 1. The molecule has 98 valence electrons. The Kier molecular flexibility index (Phi) is 5.41. The smallest absolute Gasteiger partial charge is 0.309 e. The molecule has 0 atom stereocenters. The number of amides is 1. The standard InChI is InChI=1S/C12H22N2O3/c1-14(2)11(15)8-17-12(16)10-5-3-9(7-13)4-6-10/h9-10H,3-8,13H2,1-2H3. The van der Waals surface area contributed by atoms with Gasteiger partial charge in [0.25, 0.3) is 5.91 Å². The van der Waals surface area contributed by atoms with Crippen molar-refractivity contribution in [3.8, 4) is 0 Å². The molecule has 2 N–H and O–H groups in total. The van der Waals surface area contributed by atoms with E-state index in [4.69, 9.17) is 10.5 Å². The molecule has 1 fully saturated rings. The van der Waals surface area contributed by atoms with Gasteiger partial charge in [0.15, 0.2) is 6.61 Å². The maximum atomic E-state index is 11.7. The topological polar surface area (TPSA) is 72.6 Å². The predicted octanol–water partition coefficient (Wildman–Crippen LogP) is 0.383. The third kappa shape index (κ3) is 4.34. The van der Waals surface area contributed by atoms with Crippen LogP contribution in [-0.2, 0) is 14.3 Å². The van der Waals surface area contributed by atoms with E-state index in [1.807, 2.05) is 0 Å². The van der Waals surface area contributed by atoms with Crippen molar-refractivity contribution in [2.75, 3.05) is 27.2 Å². The maximum absolute atomic E-state index is 11.7. The predicted molar refractivity (Wildman–Crippen MR) is 64.2 cm³/mol. The van der Waals surface area contributed by atoms with Crippen LogP contribution in [0.25, 0.3) is 0 Å². The van der Waals surface area contributed by atoms with Gasteiger partial charge in [-0.25, -0.2) is 0 Å². The van der Waals surface area contributed by atoms with E-state index in [-0.39, 0.29) is 24.4 Å². The second kappa shape index (κ2) is 6.59. The maximum Gasteiger partial charge on any atom is 0.309 e. The first kappa shape index (κ1) is 14.0. The molecule has 0 aromatic rings. The molecular weight excluding hydrogens is 220 g/mol. The van der Waals surface area contributed by atoms with Gasteiger partial charge >= 0.3 is 5.97 Å². The summed E-state index contributed by atoms with van der Waals surface area (Å²) in [5.41, 5.74) is 5.59. The minimum atomic E-state index is -0.240. The summed E-state index contributed by atoms with van der Waals surface area (Å²) in [5.74, 6) is 0.0693. The number of carbonyl (C=O) groups excluding carboxylic acids is 2. The lowest BCUT2D eigenvalue weighted by Gasteiger charge is -2.26. The summed E-state index contributed by atoms with van der Waals surface area (Å²) in [4.78, 5) is 24.4.